The third-order valence-electron chi connectivity index (χ3n) is 8.68. The zero-order valence-electron chi connectivity index (χ0n) is 17.7. The lowest BCUT2D eigenvalue weighted by Crippen LogP contribution is -2.44. The molecule has 166 valence electrons. The van der Waals surface area contributed by atoms with Crippen LogP contribution in [0.2, 0.25) is 0 Å². The summed E-state index contributed by atoms with van der Waals surface area (Å²) in [5.74, 6) is 1.46. The second-order valence-electron chi connectivity index (χ2n) is 10.5. The molecule has 5 saturated carbocycles. The number of carbonyl (C=O) groups is 2. The second kappa shape index (κ2) is 6.87. The van der Waals surface area contributed by atoms with Gasteiger partial charge < -0.3 is 14.7 Å². The van der Waals surface area contributed by atoms with Gasteiger partial charge in [-0.2, -0.15) is 0 Å². The van der Waals surface area contributed by atoms with Crippen molar-refractivity contribution in [1.29, 1.82) is 0 Å². The number of rotatable bonds is 6. The molecule has 4 bridgehead atoms. The van der Waals surface area contributed by atoms with E-state index >= 15 is 4.39 Å². The molecule has 5 aliphatic carbocycles. The van der Waals surface area contributed by atoms with Crippen LogP contribution in [0.15, 0.2) is 12.1 Å². The number of thioether (sulfide) groups is 1. The number of aliphatic carboxylic acids is 1. The fourth-order valence-corrected chi connectivity index (χ4v) is 8.12. The fourth-order valence-electron chi connectivity index (χ4n) is 7.00. The summed E-state index contributed by atoms with van der Waals surface area (Å²) in [6.45, 7) is 2.44. The van der Waals surface area contributed by atoms with E-state index in [0.717, 1.165) is 36.2 Å². The average Bonchev–Trinajstić information content (AvgIpc) is 3.01. The SMILES string of the molecule is C[C@@H]1SCN(C(=O)c2cc(C3CC3)c(OCC34CC5CC3CC5C4)cc2F)[C@@H]1C(=O)O. The minimum Gasteiger partial charge on any atom is -0.493 e. The van der Waals surface area contributed by atoms with Crippen LogP contribution in [0.5, 0.6) is 5.75 Å². The van der Waals surface area contributed by atoms with Gasteiger partial charge >= 0.3 is 5.97 Å². The first kappa shape index (κ1) is 19.9. The summed E-state index contributed by atoms with van der Waals surface area (Å²) in [6.07, 6.45) is 7.21. The zero-order valence-corrected chi connectivity index (χ0v) is 18.5. The largest absolute Gasteiger partial charge is 0.493 e. The van der Waals surface area contributed by atoms with Crippen LogP contribution in [0.1, 0.15) is 67.3 Å². The Labute approximate surface area is 185 Å². The molecule has 0 aromatic heterocycles. The van der Waals surface area contributed by atoms with Gasteiger partial charge in [-0.25, -0.2) is 9.18 Å². The first-order valence-corrected chi connectivity index (χ1v) is 12.5. The number of hydrogen-bond donors (Lipinski definition) is 1. The summed E-state index contributed by atoms with van der Waals surface area (Å²) in [4.78, 5) is 26.1. The summed E-state index contributed by atoms with van der Waals surface area (Å²) < 4.78 is 21.4. The highest BCUT2D eigenvalue weighted by Crippen LogP contribution is 2.70. The Hall–Kier alpha value is -1.76. The van der Waals surface area contributed by atoms with Crippen LogP contribution in [0.3, 0.4) is 0 Å². The molecule has 7 rings (SSSR count). The molecule has 0 radical (unpaired) electrons. The van der Waals surface area contributed by atoms with E-state index < -0.39 is 23.7 Å². The molecular formula is C24H28FNO4S. The average molecular weight is 446 g/mol. The Balaban J connectivity index is 1.26. The normalized spacial score (nSPS) is 37.7. The molecule has 31 heavy (non-hydrogen) atoms. The van der Waals surface area contributed by atoms with Crippen LogP contribution in [-0.4, -0.2) is 45.7 Å². The summed E-state index contributed by atoms with van der Waals surface area (Å²) >= 11 is 1.41. The lowest BCUT2D eigenvalue weighted by molar-refractivity contribution is -0.141. The molecule has 1 aliphatic heterocycles. The van der Waals surface area contributed by atoms with E-state index in [4.69, 9.17) is 4.74 Å². The van der Waals surface area contributed by atoms with Crippen molar-refractivity contribution in [2.45, 2.75) is 62.7 Å². The highest BCUT2D eigenvalue weighted by atomic mass is 32.2. The van der Waals surface area contributed by atoms with Crippen molar-refractivity contribution >= 4 is 23.6 Å². The lowest BCUT2D eigenvalue weighted by atomic mass is 9.82. The van der Waals surface area contributed by atoms with Gasteiger partial charge in [0.1, 0.15) is 17.6 Å². The van der Waals surface area contributed by atoms with Crippen molar-refractivity contribution in [1.82, 2.24) is 4.90 Å². The number of ether oxygens (including phenoxy) is 1. The fraction of sp³-hybridized carbons (Fsp3) is 0.667. The Morgan fingerprint density at radius 2 is 1.97 bits per heavy atom. The predicted octanol–water partition coefficient (Wildman–Crippen LogP) is 4.51. The number of carboxylic acid groups (broad SMARTS) is 1. The summed E-state index contributed by atoms with van der Waals surface area (Å²) in [6, 6.07) is 2.09. The van der Waals surface area contributed by atoms with Gasteiger partial charge in [-0.3, -0.25) is 4.79 Å². The molecule has 1 aromatic carbocycles. The zero-order chi connectivity index (χ0) is 21.5. The molecule has 1 amide bonds. The van der Waals surface area contributed by atoms with E-state index in [-0.39, 0.29) is 22.1 Å². The van der Waals surface area contributed by atoms with E-state index in [9.17, 15) is 14.7 Å². The molecule has 4 atom stereocenters. The smallest absolute Gasteiger partial charge is 0.327 e. The first-order valence-electron chi connectivity index (χ1n) is 11.5. The molecule has 6 aliphatic rings. The number of amides is 1. The monoisotopic (exact) mass is 445 g/mol. The number of carboxylic acids is 1. The van der Waals surface area contributed by atoms with Gasteiger partial charge in [-0.15, -0.1) is 11.8 Å². The van der Waals surface area contributed by atoms with E-state index in [1.807, 2.05) is 0 Å². The quantitative estimate of drug-likeness (QED) is 0.698. The third-order valence-corrected chi connectivity index (χ3v) is 9.89. The summed E-state index contributed by atoms with van der Waals surface area (Å²) in [5.41, 5.74) is 1.16. The number of benzene rings is 1. The topological polar surface area (TPSA) is 66.8 Å². The van der Waals surface area contributed by atoms with Crippen LogP contribution in [0, 0.1) is 29.0 Å². The van der Waals surface area contributed by atoms with E-state index in [1.54, 1.807) is 13.0 Å². The van der Waals surface area contributed by atoms with Gasteiger partial charge in [0, 0.05) is 16.7 Å². The van der Waals surface area contributed by atoms with E-state index in [2.05, 4.69) is 0 Å². The van der Waals surface area contributed by atoms with Crippen molar-refractivity contribution in [2.75, 3.05) is 12.5 Å². The Kier molecular flexibility index (Phi) is 4.41. The molecule has 1 heterocycles. The highest BCUT2D eigenvalue weighted by molar-refractivity contribution is 8.00. The van der Waals surface area contributed by atoms with Crippen LogP contribution < -0.4 is 4.74 Å². The maximum absolute atomic E-state index is 15.1. The highest BCUT2D eigenvalue weighted by Gasteiger charge is 2.63. The van der Waals surface area contributed by atoms with E-state index in [1.165, 1.54) is 48.4 Å². The van der Waals surface area contributed by atoms with Crippen molar-refractivity contribution in [3.05, 3.63) is 29.1 Å². The maximum Gasteiger partial charge on any atom is 0.327 e. The molecule has 2 unspecified atom stereocenters. The Bertz CT molecular complexity index is 949. The lowest BCUT2D eigenvalue weighted by Gasteiger charge is -2.29. The van der Waals surface area contributed by atoms with Crippen LogP contribution in [0.25, 0.3) is 0 Å². The molecule has 1 aromatic rings. The van der Waals surface area contributed by atoms with Crippen LogP contribution in [-0.2, 0) is 4.79 Å². The maximum atomic E-state index is 15.1. The Morgan fingerprint density at radius 1 is 1.26 bits per heavy atom. The first-order chi connectivity index (χ1) is 14.9. The number of halogens is 1. The standard InChI is InChI=1S/C24H28FNO4S/c1-12-21(23(28)29)26(11-31-12)22(27)18-6-17(13-2-3-13)20(7-19(18)25)30-10-24-8-14-4-16(24)5-15(14)9-24/h6-7,12-16,21H,2-5,8-11H2,1H3,(H,28,29)/t12-,14?,15?,16?,21-,24?/m0/s1. The van der Waals surface area contributed by atoms with Crippen LogP contribution in [0.4, 0.5) is 4.39 Å². The second-order valence-corrected chi connectivity index (χ2v) is 11.8. The van der Waals surface area contributed by atoms with Crippen LogP contribution >= 0.6 is 11.8 Å². The van der Waals surface area contributed by atoms with Gasteiger partial charge in [0.15, 0.2) is 0 Å². The van der Waals surface area contributed by atoms with E-state index in [0.29, 0.717) is 18.3 Å². The molecule has 6 fully saturated rings. The van der Waals surface area contributed by atoms with Gasteiger partial charge in [0.2, 0.25) is 0 Å². The van der Waals surface area contributed by atoms with Gasteiger partial charge in [-0.1, -0.05) is 6.92 Å². The molecule has 0 spiro atoms. The van der Waals surface area contributed by atoms with Gasteiger partial charge in [0.25, 0.3) is 5.91 Å². The van der Waals surface area contributed by atoms with Crippen molar-refractivity contribution in [2.24, 2.45) is 23.2 Å². The third kappa shape index (κ3) is 3.02. The van der Waals surface area contributed by atoms with Gasteiger partial charge in [0.05, 0.1) is 18.0 Å². The minimum atomic E-state index is -1.04. The predicted molar refractivity (Wildman–Crippen MR) is 115 cm³/mol. The Morgan fingerprint density at radius 3 is 2.55 bits per heavy atom. The number of hydrogen-bond acceptors (Lipinski definition) is 4. The van der Waals surface area contributed by atoms with Crippen molar-refractivity contribution in [3.8, 4) is 5.75 Å². The molecule has 7 heteroatoms. The van der Waals surface area contributed by atoms with Gasteiger partial charge in [-0.05, 0) is 73.8 Å². The molecule has 1 N–H and O–H groups in total. The molecule has 5 nitrogen and oxygen atoms in total. The summed E-state index contributed by atoms with van der Waals surface area (Å²) in [7, 11) is 0. The minimum absolute atomic E-state index is 0.0302. The van der Waals surface area contributed by atoms with Crippen molar-refractivity contribution in [3.63, 3.8) is 0 Å². The molecule has 1 saturated heterocycles. The summed E-state index contributed by atoms with van der Waals surface area (Å²) in [5, 5.41) is 9.32. The molecular weight excluding hydrogens is 417 g/mol. The number of nitrogens with zero attached hydrogens (tertiary/aromatic N) is 1. The number of carbonyl (C=O) groups excluding carboxylic acids is 1. The van der Waals surface area contributed by atoms with Crippen molar-refractivity contribution < 1.29 is 23.8 Å².